The highest BCUT2D eigenvalue weighted by Crippen LogP contribution is 2.30. The number of hydrogen-bond acceptors (Lipinski definition) is 2. The molecule has 1 saturated carbocycles. The zero-order chi connectivity index (χ0) is 15.2. The molecule has 1 aliphatic carbocycles. The summed E-state index contributed by atoms with van der Waals surface area (Å²) >= 11 is 0. The van der Waals surface area contributed by atoms with E-state index in [0.717, 1.165) is 18.5 Å². The quantitative estimate of drug-likeness (QED) is 0.848. The molecule has 3 heteroatoms. The zero-order valence-corrected chi connectivity index (χ0v) is 13.6. The van der Waals surface area contributed by atoms with Gasteiger partial charge in [-0.1, -0.05) is 38.0 Å². The van der Waals surface area contributed by atoms with E-state index in [9.17, 15) is 4.39 Å². The van der Waals surface area contributed by atoms with Gasteiger partial charge in [0.05, 0.1) is 0 Å². The van der Waals surface area contributed by atoms with Crippen molar-refractivity contribution in [2.75, 3.05) is 13.6 Å². The lowest BCUT2D eigenvalue weighted by Gasteiger charge is -2.41. The maximum absolute atomic E-state index is 14.0. The van der Waals surface area contributed by atoms with E-state index in [-0.39, 0.29) is 11.9 Å². The van der Waals surface area contributed by atoms with Crippen LogP contribution in [0.3, 0.4) is 0 Å². The highest BCUT2D eigenvalue weighted by atomic mass is 19.1. The molecule has 0 saturated heterocycles. The summed E-state index contributed by atoms with van der Waals surface area (Å²) in [5, 5.41) is 3.69. The molecule has 1 aliphatic rings. The van der Waals surface area contributed by atoms with Gasteiger partial charge in [-0.25, -0.2) is 4.39 Å². The summed E-state index contributed by atoms with van der Waals surface area (Å²) in [5.74, 6) is -0.0919. The first-order chi connectivity index (χ1) is 10.1. The van der Waals surface area contributed by atoms with Crippen molar-refractivity contribution in [2.45, 2.75) is 64.1 Å². The molecule has 118 valence electrons. The second kappa shape index (κ2) is 7.90. The van der Waals surface area contributed by atoms with Gasteiger partial charge in [0.2, 0.25) is 0 Å². The fourth-order valence-electron chi connectivity index (χ4n) is 3.49. The molecule has 21 heavy (non-hydrogen) atoms. The number of hydrogen-bond donors (Lipinski definition) is 1. The van der Waals surface area contributed by atoms with E-state index in [4.69, 9.17) is 0 Å². The largest absolute Gasteiger partial charge is 0.312 e. The standard InChI is InChI=1S/C18H29FN2/c1-4-13-20-17-11-7-8-12-18(17)21(3)14(2)15-9-5-6-10-16(15)19/h5-6,9-10,14,17-18,20H,4,7-8,11-13H2,1-3H3. The molecule has 3 atom stereocenters. The van der Waals surface area contributed by atoms with Crippen molar-refractivity contribution in [3.63, 3.8) is 0 Å². The Morgan fingerprint density at radius 3 is 2.71 bits per heavy atom. The van der Waals surface area contributed by atoms with E-state index in [2.05, 4.69) is 31.1 Å². The first-order valence-corrected chi connectivity index (χ1v) is 8.35. The Morgan fingerprint density at radius 1 is 1.29 bits per heavy atom. The molecule has 2 rings (SSSR count). The van der Waals surface area contributed by atoms with Gasteiger partial charge in [0.15, 0.2) is 0 Å². The van der Waals surface area contributed by atoms with Crippen molar-refractivity contribution in [3.05, 3.63) is 35.6 Å². The van der Waals surface area contributed by atoms with Crippen LogP contribution in [-0.2, 0) is 0 Å². The Balaban J connectivity index is 2.09. The summed E-state index contributed by atoms with van der Waals surface area (Å²) in [6, 6.07) is 8.31. The molecule has 0 heterocycles. The van der Waals surface area contributed by atoms with E-state index >= 15 is 0 Å². The first-order valence-electron chi connectivity index (χ1n) is 8.35. The first kappa shape index (κ1) is 16.4. The van der Waals surface area contributed by atoms with E-state index in [0.29, 0.717) is 12.1 Å². The third-order valence-electron chi connectivity index (χ3n) is 4.88. The molecule has 0 radical (unpaired) electrons. The van der Waals surface area contributed by atoms with Crippen molar-refractivity contribution >= 4 is 0 Å². The highest BCUT2D eigenvalue weighted by molar-refractivity contribution is 5.21. The van der Waals surface area contributed by atoms with Crippen LogP contribution in [0.2, 0.25) is 0 Å². The van der Waals surface area contributed by atoms with Crippen LogP contribution in [0.4, 0.5) is 4.39 Å². The minimum Gasteiger partial charge on any atom is -0.312 e. The summed E-state index contributed by atoms with van der Waals surface area (Å²) in [6.45, 7) is 5.39. The van der Waals surface area contributed by atoms with Gasteiger partial charge in [-0.05, 0) is 45.8 Å². The van der Waals surface area contributed by atoms with Crippen LogP contribution in [-0.4, -0.2) is 30.6 Å². The van der Waals surface area contributed by atoms with Crippen LogP contribution >= 0.6 is 0 Å². The van der Waals surface area contributed by atoms with Gasteiger partial charge in [-0.2, -0.15) is 0 Å². The average molecular weight is 292 g/mol. The molecule has 1 fully saturated rings. The summed E-state index contributed by atoms with van der Waals surface area (Å²) < 4.78 is 14.0. The molecule has 1 N–H and O–H groups in total. The lowest BCUT2D eigenvalue weighted by atomic mass is 9.88. The Labute approximate surface area is 128 Å². The number of rotatable bonds is 6. The van der Waals surface area contributed by atoms with Crippen molar-refractivity contribution in [1.29, 1.82) is 0 Å². The third kappa shape index (κ3) is 4.04. The summed E-state index contributed by atoms with van der Waals surface area (Å²) in [4.78, 5) is 2.37. The van der Waals surface area contributed by atoms with E-state index in [1.807, 2.05) is 12.1 Å². The van der Waals surface area contributed by atoms with Crippen molar-refractivity contribution in [3.8, 4) is 0 Å². The third-order valence-corrected chi connectivity index (χ3v) is 4.88. The number of halogens is 1. The van der Waals surface area contributed by atoms with Crippen LogP contribution in [0, 0.1) is 5.82 Å². The monoisotopic (exact) mass is 292 g/mol. The van der Waals surface area contributed by atoms with Gasteiger partial charge in [-0.15, -0.1) is 0 Å². The minimum atomic E-state index is -0.0919. The number of nitrogens with zero attached hydrogens (tertiary/aromatic N) is 1. The predicted octanol–water partition coefficient (Wildman–Crippen LogP) is 4.13. The van der Waals surface area contributed by atoms with Gasteiger partial charge >= 0.3 is 0 Å². The smallest absolute Gasteiger partial charge is 0.127 e. The lowest BCUT2D eigenvalue weighted by molar-refractivity contribution is 0.112. The van der Waals surface area contributed by atoms with Gasteiger partial charge in [0.1, 0.15) is 5.82 Å². The molecular weight excluding hydrogens is 263 g/mol. The van der Waals surface area contributed by atoms with E-state index < -0.39 is 0 Å². The number of nitrogens with one attached hydrogen (secondary N) is 1. The Hall–Kier alpha value is -0.930. The SMILES string of the molecule is CCCNC1CCCCC1N(C)C(C)c1ccccc1F. The van der Waals surface area contributed by atoms with Gasteiger partial charge in [-0.3, -0.25) is 4.90 Å². The Morgan fingerprint density at radius 2 is 2.00 bits per heavy atom. The molecule has 3 unspecified atom stereocenters. The number of likely N-dealkylation sites (N-methyl/N-ethyl adjacent to an activating group) is 1. The topological polar surface area (TPSA) is 15.3 Å². The summed E-state index contributed by atoms with van der Waals surface area (Å²) in [6.07, 6.45) is 6.19. The minimum absolute atomic E-state index is 0.0919. The van der Waals surface area contributed by atoms with Crippen molar-refractivity contribution < 1.29 is 4.39 Å². The molecule has 1 aromatic rings. The predicted molar refractivity (Wildman–Crippen MR) is 86.9 cm³/mol. The molecule has 0 aliphatic heterocycles. The lowest BCUT2D eigenvalue weighted by Crippen LogP contribution is -2.51. The number of benzene rings is 1. The molecule has 0 bridgehead atoms. The van der Waals surface area contributed by atoms with E-state index in [1.165, 1.54) is 25.7 Å². The van der Waals surface area contributed by atoms with Crippen LogP contribution < -0.4 is 5.32 Å². The molecule has 2 nitrogen and oxygen atoms in total. The maximum Gasteiger partial charge on any atom is 0.127 e. The zero-order valence-electron chi connectivity index (χ0n) is 13.6. The van der Waals surface area contributed by atoms with Crippen LogP contribution in [0.15, 0.2) is 24.3 Å². The second-order valence-corrected chi connectivity index (χ2v) is 6.28. The van der Waals surface area contributed by atoms with Crippen LogP contribution in [0.1, 0.15) is 57.6 Å². The molecular formula is C18H29FN2. The van der Waals surface area contributed by atoms with Crippen molar-refractivity contribution in [2.24, 2.45) is 0 Å². The average Bonchev–Trinajstić information content (AvgIpc) is 2.52. The maximum atomic E-state index is 14.0. The molecule has 0 amide bonds. The van der Waals surface area contributed by atoms with Crippen LogP contribution in [0.5, 0.6) is 0 Å². The summed E-state index contributed by atoms with van der Waals surface area (Å²) in [5.41, 5.74) is 0.805. The van der Waals surface area contributed by atoms with Crippen molar-refractivity contribution in [1.82, 2.24) is 10.2 Å². The highest BCUT2D eigenvalue weighted by Gasteiger charge is 2.31. The van der Waals surface area contributed by atoms with E-state index in [1.54, 1.807) is 12.1 Å². The van der Waals surface area contributed by atoms with Gasteiger partial charge in [0, 0.05) is 23.7 Å². The van der Waals surface area contributed by atoms with Gasteiger partial charge < -0.3 is 5.32 Å². The molecule has 0 spiro atoms. The summed E-state index contributed by atoms with van der Waals surface area (Å²) in [7, 11) is 2.15. The molecule has 1 aromatic carbocycles. The fourth-order valence-corrected chi connectivity index (χ4v) is 3.49. The second-order valence-electron chi connectivity index (χ2n) is 6.28. The Kier molecular flexibility index (Phi) is 6.19. The van der Waals surface area contributed by atoms with Gasteiger partial charge in [0.25, 0.3) is 0 Å². The Bertz CT molecular complexity index is 435. The normalized spacial score (nSPS) is 24.2. The molecule has 0 aromatic heterocycles. The van der Waals surface area contributed by atoms with Crippen LogP contribution in [0.25, 0.3) is 0 Å². The fraction of sp³-hybridized carbons (Fsp3) is 0.667.